The van der Waals surface area contributed by atoms with Gasteiger partial charge in [-0.05, 0) is 11.6 Å². The van der Waals surface area contributed by atoms with Gasteiger partial charge in [0.05, 0.1) is 5.75 Å². The fourth-order valence-corrected chi connectivity index (χ4v) is 1.76. The van der Waals surface area contributed by atoms with E-state index in [1.807, 2.05) is 31.2 Å². The third-order valence-corrected chi connectivity index (χ3v) is 2.97. The lowest BCUT2D eigenvalue weighted by Gasteiger charge is -2.02. The Morgan fingerprint density at radius 1 is 1.42 bits per heavy atom. The summed E-state index contributed by atoms with van der Waals surface area (Å²) in [6.45, 7) is 1.91. The largest absolute Gasteiger partial charge is 0.398 e. The normalized spacial score (nSPS) is 12.8. The zero-order chi connectivity index (χ0) is 8.97. The number of benzene rings is 1. The molecule has 1 aromatic rings. The van der Waals surface area contributed by atoms with Crippen LogP contribution in [0.3, 0.4) is 0 Å². The van der Waals surface area contributed by atoms with E-state index in [4.69, 9.17) is 5.73 Å². The van der Waals surface area contributed by atoms with Crippen LogP contribution in [0.5, 0.6) is 0 Å². The van der Waals surface area contributed by atoms with Gasteiger partial charge in [-0.15, -0.1) is 0 Å². The van der Waals surface area contributed by atoms with Crippen molar-refractivity contribution in [1.29, 1.82) is 0 Å². The maximum absolute atomic E-state index is 11.2. The van der Waals surface area contributed by atoms with E-state index in [1.54, 1.807) is 0 Å². The molecule has 1 unspecified atom stereocenters. The molecule has 12 heavy (non-hydrogen) atoms. The Hall–Kier alpha value is -0.830. The molecule has 0 aromatic heterocycles. The van der Waals surface area contributed by atoms with Crippen LogP contribution in [0.1, 0.15) is 12.5 Å². The number of anilines is 1. The van der Waals surface area contributed by atoms with Crippen LogP contribution < -0.4 is 5.73 Å². The van der Waals surface area contributed by atoms with Crippen LogP contribution in [0.25, 0.3) is 0 Å². The topological polar surface area (TPSA) is 43.1 Å². The number of para-hydroxylation sites is 1. The summed E-state index contributed by atoms with van der Waals surface area (Å²) in [5.41, 5.74) is 7.41. The lowest BCUT2D eigenvalue weighted by atomic mass is 10.2. The van der Waals surface area contributed by atoms with Gasteiger partial charge in [-0.3, -0.25) is 4.21 Å². The first-order chi connectivity index (χ1) is 5.74. The van der Waals surface area contributed by atoms with Crippen molar-refractivity contribution in [3.63, 3.8) is 0 Å². The maximum atomic E-state index is 11.2. The Morgan fingerprint density at radius 3 is 2.67 bits per heavy atom. The zero-order valence-electron chi connectivity index (χ0n) is 7.12. The number of hydrogen-bond acceptors (Lipinski definition) is 2. The van der Waals surface area contributed by atoms with Gasteiger partial charge >= 0.3 is 0 Å². The molecule has 0 aliphatic heterocycles. The van der Waals surface area contributed by atoms with Crippen molar-refractivity contribution < 1.29 is 4.21 Å². The van der Waals surface area contributed by atoms with E-state index in [1.165, 1.54) is 0 Å². The molecule has 0 aliphatic rings. The van der Waals surface area contributed by atoms with E-state index in [9.17, 15) is 4.21 Å². The minimum absolute atomic E-state index is 0.573. The number of nitrogen functional groups attached to an aromatic ring is 1. The van der Waals surface area contributed by atoms with E-state index < -0.39 is 10.8 Å². The first-order valence-corrected chi connectivity index (χ1v) is 5.41. The van der Waals surface area contributed by atoms with Crippen molar-refractivity contribution >= 4 is 16.5 Å². The number of hydrogen-bond donors (Lipinski definition) is 1. The van der Waals surface area contributed by atoms with E-state index >= 15 is 0 Å². The molecule has 3 heteroatoms. The van der Waals surface area contributed by atoms with E-state index in [-0.39, 0.29) is 0 Å². The molecule has 0 heterocycles. The zero-order valence-corrected chi connectivity index (χ0v) is 7.93. The summed E-state index contributed by atoms with van der Waals surface area (Å²) in [7, 11) is -0.768. The average Bonchev–Trinajstić information content (AvgIpc) is 2.09. The molecular weight excluding hydrogens is 170 g/mol. The summed E-state index contributed by atoms with van der Waals surface area (Å²) in [4.78, 5) is 0. The Labute approximate surface area is 75.2 Å². The third kappa shape index (κ3) is 2.34. The molecule has 2 N–H and O–H groups in total. The van der Waals surface area contributed by atoms with Gasteiger partial charge < -0.3 is 5.73 Å². The minimum atomic E-state index is -0.768. The summed E-state index contributed by atoms with van der Waals surface area (Å²) in [6.07, 6.45) is 0. The van der Waals surface area contributed by atoms with Crippen molar-refractivity contribution in [2.24, 2.45) is 0 Å². The first-order valence-electron chi connectivity index (χ1n) is 3.92. The highest BCUT2D eigenvalue weighted by Gasteiger charge is 2.01. The second kappa shape index (κ2) is 4.26. The Balaban J connectivity index is 2.75. The van der Waals surface area contributed by atoms with Crippen LogP contribution in [-0.4, -0.2) is 9.96 Å². The molecule has 1 atom stereocenters. The van der Waals surface area contributed by atoms with Crippen LogP contribution in [-0.2, 0) is 16.6 Å². The average molecular weight is 183 g/mol. The number of nitrogens with two attached hydrogens (primary N) is 1. The third-order valence-electron chi connectivity index (χ3n) is 1.69. The Kier molecular flexibility index (Phi) is 3.29. The molecule has 0 fully saturated rings. The van der Waals surface area contributed by atoms with Gasteiger partial charge in [-0.2, -0.15) is 0 Å². The lowest BCUT2D eigenvalue weighted by Crippen LogP contribution is -2.00. The van der Waals surface area contributed by atoms with Gasteiger partial charge in [-0.1, -0.05) is 25.1 Å². The minimum Gasteiger partial charge on any atom is -0.398 e. The predicted molar refractivity (Wildman–Crippen MR) is 53.2 cm³/mol. The monoisotopic (exact) mass is 183 g/mol. The second-order valence-electron chi connectivity index (χ2n) is 2.57. The Morgan fingerprint density at radius 2 is 2.08 bits per heavy atom. The molecule has 0 amide bonds. The summed E-state index contributed by atoms with van der Waals surface area (Å²) in [6, 6.07) is 7.55. The number of rotatable bonds is 3. The molecule has 1 rings (SSSR count). The van der Waals surface area contributed by atoms with Crippen LogP contribution >= 0.6 is 0 Å². The van der Waals surface area contributed by atoms with Crippen molar-refractivity contribution in [2.75, 3.05) is 11.5 Å². The van der Waals surface area contributed by atoms with E-state index in [0.717, 1.165) is 11.3 Å². The molecule has 66 valence electrons. The van der Waals surface area contributed by atoms with E-state index in [2.05, 4.69) is 0 Å². The van der Waals surface area contributed by atoms with E-state index in [0.29, 0.717) is 11.5 Å². The molecule has 0 saturated heterocycles. The predicted octanol–water partition coefficient (Wildman–Crippen LogP) is 1.54. The molecule has 0 spiro atoms. The van der Waals surface area contributed by atoms with Gasteiger partial charge in [-0.25, -0.2) is 0 Å². The van der Waals surface area contributed by atoms with Crippen LogP contribution in [0.4, 0.5) is 5.69 Å². The lowest BCUT2D eigenvalue weighted by molar-refractivity contribution is 0.683. The molecule has 0 radical (unpaired) electrons. The highest BCUT2D eigenvalue weighted by atomic mass is 32.2. The van der Waals surface area contributed by atoms with Gasteiger partial charge in [0, 0.05) is 22.2 Å². The summed E-state index contributed by atoms with van der Waals surface area (Å²) in [5, 5.41) is 0. The Bertz CT molecular complexity index is 286. The van der Waals surface area contributed by atoms with Gasteiger partial charge in [0.25, 0.3) is 0 Å². The standard InChI is InChI=1S/C9H13NOS/c1-2-12(11)7-8-5-3-4-6-9(8)10/h3-6H,2,7,10H2,1H3. The summed E-state index contributed by atoms with van der Waals surface area (Å²) in [5.74, 6) is 1.26. The fourth-order valence-electron chi connectivity index (χ4n) is 0.941. The van der Waals surface area contributed by atoms with Crippen molar-refractivity contribution in [1.82, 2.24) is 0 Å². The molecule has 0 bridgehead atoms. The first kappa shape index (κ1) is 9.26. The quantitative estimate of drug-likeness (QED) is 0.722. The van der Waals surface area contributed by atoms with Crippen LogP contribution in [0.2, 0.25) is 0 Å². The van der Waals surface area contributed by atoms with Crippen molar-refractivity contribution in [3.05, 3.63) is 29.8 Å². The van der Waals surface area contributed by atoms with Crippen LogP contribution in [0, 0.1) is 0 Å². The summed E-state index contributed by atoms with van der Waals surface area (Å²) >= 11 is 0. The fraction of sp³-hybridized carbons (Fsp3) is 0.333. The van der Waals surface area contributed by atoms with Gasteiger partial charge in [0.15, 0.2) is 0 Å². The molecular formula is C9H13NOS. The maximum Gasteiger partial charge on any atom is 0.0505 e. The highest BCUT2D eigenvalue weighted by Crippen LogP contribution is 2.12. The smallest absolute Gasteiger partial charge is 0.0505 e. The summed E-state index contributed by atoms with van der Waals surface area (Å²) < 4.78 is 11.2. The molecule has 0 aliphatic carbocycles. The van der Waals surface area contributed by atoms with Crippen molar-refractivity contribution in [3.8, 4) is 0 Å². The van der Waals surface area contributed by atoms with Gasteiger partial charge in [0.2, 0.25) is 0 Å². The molecule has 2 nitrogen and oxygen atoms in total. The second-order valence-corrected chi connectivity index (χ2v) is 4.32. The molecule has 0 saturated carbocycles. The highest BCUT2D eigenvalue weighted by molar-refractivity contribution is 7.84. The molecule has 1 aromatic carbocycles. The van der Waals surface area contributed by atoms with Crippen molar-refractivity contribution in [2.45, 2.75) is 12.7 Å². The SMILES string of the molecule is CCS(=O)Cc1ccccc1N. The van der Waals surface area contributed by atoms with Gasteiger partial charge in [0.1, 0.15) is 0 Å². The van der Waals surface area contributed by atoms with Crippen LogP contribution in [0.15, 0.2) is 24.3 Å².